The van der Waals surface area contributed by atoms with Crippen molar-refractivity contribution in [1.29, 1.82) is 0 Å². The zero-order chi connectivity index (χ0) is 12.7. The third-order valence-electron chi connectivity index (χ3n) is 2.69. The minimum atomic E-state index is -0.847. The minimum absolute atomic E-state index is 0.400. The van der Waals surface area contributed by atoms with E-state index in [0.717, 1.165) is 13.1 Å². The Morgan fingerprint density at radius 1 is 1.35 bits per heavy atom. The van der Waals surface area contributed by atoms with Crippen LogP contribution in [-0.4, -0.2) is 29.1 Å². The van der Waals surface area contributed by atoms with E-state index in [0.29, 0.717) is 12.1 Å². The van der Waals surface area contributed by atoms with Crippen molar-refractivity contribution in [2.24, 2.45) is 0 Å². The highest BCUT2D eigenvalue weighted by Crippen LogP contribution is 2.04. The number of nitrogens with zero attached hydrogens (tertiary/aromatic N) is 1. The van der Waals surface area contributed by atoms with Crippen LogP contribution in [-0.2, 0) is 11.3 Å². The van der Waals surface area contributed by atoms with Crippen molar-refractivity contribution in [3.05, 3.63) is 47.5 Å². The van der Waals surface area contributed by atoms with E-state index in [2.05, 4.69) is 24.0 Å². The SMILES string of the molecule is CCN(CC=C(C)C(=O)O)Cc1ccccc1. The summed E-state index contributed by atoms with van der Waals surface area (Å²) >= 11 is 0. The van der Waals surface area contributed by atoms with Gasteiger partial charge in [-0.25, -0.2) is 4.79 Å². The van der Waals surface area contributed by atoms with E-state index >= 15 is 0 Å². The van der Waals surface area contributed by atoms with Gasteiger partial charge in [0.25, 0.3) is 0 Å². The molecule has 92 valence electrons. The second-order valence-electron chi connectivity index (χ2n) is 4.01. The summed E-state index contributed by atoms with van der Waals surface area (Å²) in [6.07, 6.45) is 1.76. The Labute approximate surface area is 102 Å². The van der Waals surface area contributed by atoms with Gasteiger partial charge in [0.1, 0.15) is 0 Å². The molecule has 1 aromatic carbocycles. The molecule has 0 radical (unpaired) electrons. The Kier molecular flexibility index (Phi) is 5.43. The number of benzene rings is 1. The third kappa shape index (κ3) is 4.83. The van der Waals surface area contributed by atoms with Gasteiger partial charge in [-0.15, -0.1) is 0 Å². The molecule has 0 unspecified atom stereocenters. The number of aliphatic carboxylic acids is 1. The molecule has 0 heterocycles. The first kappa shape index (κ1) is 13.5. The van der Waals surface area contributed by atoms with Crippen molar-refractivity contribution in [3.63, 3.8) is 0 Å². The summed E-state index contributed by atoms with van der Waals surface area (Å²) in [6.45, 7) is 6.12. The van der Waals surface area contributed by atoms with Crippen LogP contribution >= 0.6 is 0 Å². The number of rotatable bonds is 6. The van der Waals surface area contributed by atoms with Crippen LogP contribution < -0.4 is 0 Å². The van der Waals surface area contributed by atoms with E-state index in [4.69, 9.17) is 5.11 Å². The molecule has 0 aliphatic carbocycles. The molecule has 0 amide bonds. The number of carbonyl (C=O) groups is 1. The number of carboxylic acid groups (broad SMARTS) is 1. The maximum atomic E-state index is 10.7. The van der Waals surface area contributed by atoms with Gasteiger partial charge < -0.3 is 5.11 Å². The maximum absolute atomic E-state index is 10.7. The molecular formula is C14H19NO2. The molecule has 1 N–H and O–H groups in total. The summed E-state index contributed by atoms with van der Waals surface area (Å²) in [7, 11) is 0. The van der Waals surface area contributed by atoms with Gasteiger partial charge >= 0.3 is 5.97 Å². The molecule has 0 aromatic heterocycles. The predicted molar refractivity (Wildman–Crippen MR) is 68.8 cm³/mol. The smallest absolute Gasteiger partial charge is 0.330 e. The molecule has 0 atom stereocenters. The fourth-order valence-corrected chi connectivity index (χ4v) is 1.50. The molecule has 0 aliphatic heterocycles. The zero-order valence-corrected chi connectivity index (χ0v) is 10.4. The molecule has 0 spiro atoms. The third-order valence-corrected chi connectivity index (χ3v) is 2.69. The molecule has 1 aromatic rings. The minimum Gasteiger partial charge on any atom is -0.478 e. The van der Waals surface area contributed by atoms with Crippen molar-refractivity contribution in [1.82, 2.24) is 4.90 Å². The van der Waals surface area contributed by atoms with Crippen LogP contribution in [0.5, 0.6) is 0 Å². The van der Waals surface area contributed by atoms with Crippen molar-refractivity contribution < 1.29 is 9.90 Å². The topological polar surface area (TPSA) is 40.5 Å². The number of likely N-dealkylation sites (N-methyl/N-ethyl adjacent to an activating group) is 1. The quantitative estimate of drug-likeness (QED) is 0.768. The number of carboxylic acids is 1. The lowest BCUT2D eigenvalue weighted by molar-refractivity contribution is -0.132. The van der Waals surface area contributed by atoms with Crippen LogP contribution in [0.2, 0.25) is 0 Å². The normalized spacial score (nSPS) is 11.8. The fourth-order valence-electron chi connectivity index (χ4n) is 1.50. The highest BCUT2D eigenvalue weighted by atomic mass is 16.4. The number of hydrogen-bond donors (Lipinski definition) is 1. The molecule has 3 nitrogen and oxygen atoms in total. The molecule has 3 heteroatoms. The zero-order valence-electron chi connectivity index (χ0n) is 10.4. The Morgan fingerprint density at radius 2 is 2.00 bits per heavy atom. The average molecular weight is 233 g/mol. The van der Waals surface area contributed by atoms with Gasteiger partial charge in [-0.1, -0.05) is 43.3 Å². The second-order valence-corrected chi connectivity index (χ2v) is 4.01. The van der Waals surface area contributed by atoms with Gasteiger partial charge in [-0.3, -0.25) is 4.90 Å². The molecule has 17 heavy (non-hydrogen) atoms. The van der Waals surface area contributed by atoms with Crippen molar-refractivity contribution >= 4 is 5.97 Å². The monoisotopic (exact) mass is 233 g/mol. The summed E-state index contributed by atoms with van der Waals surface area (Å²) in [5.74, 6) is -0.847. The molecular weight excluding hydrogens is 214 g/mol. The van der Waals surface area contributed by atoms with E-state index in [1.54, 1.807) is 13.0 Å². The summed E-state index contributed by atoms with van der Waals surface area (Å²) < 4.78 is 0. The van der Waals surface area contributed by atoms with Gasteiger partial charge in [0.2, 0.25) is 0 Å². The first-order valence-electron chi connectivity index (χ1n) is 5.79. The van der Waals surface area contributed by atoms with Crippen LogP contribution in [0.25, 0.3) is 0 Å². The van der Waals surface area contributed by atoms with Crippen LogP contribution in [0.1, 0.15) is 19.4 Å². The van der Waals surface area contributed by atoms with Crippen LogP contribution in [0.3, 0.4) is 0 Å². The van der Waals surface area contributed by atoms with E-state index in [-0.39, 0.29) is 0 Å². The average Bonchev–Trinajstić information content (AvgIpc) is 2.35. The summed E-state index contributed by atoms with van der Waals surface area (Å²) in [5, 5.41) is 8.77. The Morgan fingerprint density at radius 3 is 2.53 bits per heavy atom. The largest absolute Gasteiger partial charge is 0.478 e. The van der Waals surface area contributed by atoms with E-state index in [1.807, 2.05) is 18.2 Å². The van der Waals surface area contributed by atoms with Crippen LogP contribution in [0.15, 0.2) is 42.0 Å². The predicted octanol–water partition coefficient (Wildman–Crippen LogP) is 2.54. The molecule has 0 bridgehead atoms. The van der Waals surface area contributed by atoms with Crippen molar-refractivity contribution in [3.8, 4) is 0 Å². The first-order chi connectivity index (χ1) is 8.13. The highest BCUT2D eigenvalue weighted by molar-refractivity contribution is 5.85. The van der Waals surface area contributed by atoms with Gasteiger partial charge in [-0.2, -0.15) is 0 Å². The number of hydrogen-bond acceptors (Lipinski definition) is 2. The van der Waals surface area contributed by atoms with Crippen molar-refractivity contribution in [2.45, 2.75) is 20.4 Å². The lowest BCUT2D eigenvalue weighted by atomic mass is 10.2. The van der Waals surface area contributed by atoms with Gasteiger partial charge in [0.05, 0.1) is 0 Å². The van der Waals surface area contributed by atoms with E-state index in [9.17, 15) is 4.79 Å². The van der Waals surface area contributed by atoms with Gasteiger partial charge in [-0.05, 0) is 19.0 Å². The van der Waals surface area contributed by atoms with Gasteiger partial charge in [0, 0.05) is 18.7 Å². The summed E-state index contributed by atoms with van der Waals surface area (Å²) in [5.41, 5.74) is 1.65. The van der Waals surface area contributed by atoms with E-state index < -0.39 is 5.97 Å². The Bertz CT molecular complexity index is 384. The lowest BCUT2D eigenvalue weighted by Crippen LogP contribution is -2.23. The summed E-state index contributed by atoms with van der Waals surface area (Å²) in [6, 6.07) is 10.2. The van der Waals surface area contributed by atoms with Crippen LogP contribution in [0, 0.1) is 0 Å². The van der Waals surface area contributed by atoms with Crippen molar-refractivity contribution in [2.75, 3.05) is 13.1 Å². The lowest BCUT2D eigenvalue weighted by Gasteiger charge is -2.18. The molecule has 1 rings (SSSR count). The van der Waals surface area contributed by atoms with Crippen LogP contribution in [0.4, 0.5) is 0 Å². The second kappa shape index (κ2) is 6.86. The Hall–Kier alpha value is -1.61. The first-order valence-corrected chi connectivity index (χ1v) is 5.79. The molecule has 0 saturated heterocycles. The molecule has 0 fully saturated rings. The summed E-state index contributed by atoms with van der Waals surface area (Å²) in [4.78, 5) is 12.9. The Balaban J connectivity index is 2.55. The molecule has 0 saturated carbocycles. The highest BCUT2D eigenvalue weighted by Gasteiger charge is 2.04. The van der Waals surface area contributed by atoms with E-state index in [1.165, 1.54) is 5.56 Å². The standard InChI is InChI=1S/C14H19NO2/c1-3-15(10-9-12(2)14(16)17)11-13-7-5-4-6-8-13/h4-9H,3,10-11H2,1-2H3,(H,16,17). The maximum Gasteiger partial charge on any atom is 0.330 e. The fraction of sp³-hybridized carbons (Fsp3) is 0.357. The molecule has 0 aliphatic rings. The van der Waals surface area contributed by atoms with Gasteiger partial charge in [0.15, 0.2) is 0 Å².